The van der Waals surface area contributed by atoms with Crippen LogP contribution in [0.3, 0.4) is 0 Å². The highest BCUT2D eigenvalue weighted by Crippen LogP contribution is 2.18. The highest BCUT2D eigenvalue weighted by molar-refractivity contribution is 6.31. The van der Waals surface area contributed by atoms with E-state index in [0.29, 0.717) is 11.1 Å². The third kappa shape index (κ3) is 4.71. The molecule has 0 bridgehead atoms. The summed E-state index contributed by atoms with van der Waals surface area (Å²) < 4.78 is 4.35. The summed E-state index contributed by atoms with van der Waals surface area (Å²) in [5.41, 5.74) is 1.85. The molecule has 0 atom stereocenters. The molecular weight excluding hydrogens is 308 g/mol. The zero-order valence-corrected chi connectivity index (χ0v) is 12.4. The number of aryl methyl sites for hydroxylation is 1. The highest BCUT2D eigenvalue weighted by atomic mass is 35.5. The van der Waals surface area contributed by atoms with Crippen LogP contribution in [0, 0.1) is 6.92 Å². The Morgan fingerprint density at radius 2 is 1.36 bits per heavy atom. The van der Waals surface area contributed by atoms with Crippen molar-refractivity contribution in [1.29, 1.82) is 0 Å². The fraction of sp³-hybridized carbons (Fsp3) is 0.0625. The standard InChI is InChI=1S/C8H4O3.C7H7Cl.CH2O2/c9-7-5-3-1-2-4-6(5)8(10)11-7;1-6-4-2-3-5-7(6)8;2-1-3/h1-4H;2-5H,1H3;1H,(H,2,3). The zero-order valence-electron chi connectivity index (χ0n) is 11.7. The quantitative estimate of drug-likeness (QED) is 0.457. The highest BCUT2D eigenvalue weighted by Gasteiger charge is 2.28. The van der Waals surface area contributed by atoms with Crippen molar-refractivity contribution in [2.24, 2.45) is 0 Å². The van der Waals surface area contributed by atoms with Crippen LogP contribution in [0.15, 0.2) is 48.5 Å². The van der Waals surface area contributed by atoms with Gasteiger partial charge in [0.15, 0.2) is 0 Å². The molecule has 1 heterocycles. The van der Waals surface area contributed by atoms with Gasteiger partial charge in [-0.2, -0.15) is 0 Å². The van der Waals surface area contributed by atoms with Gasteiger partial charge < -0.3 is 9.84 Å². The van der Waals surface area contributed by atoms with Crippen molar-refractivity contribution < 1.29 is 24.2 Å². The summed E-state index contributed by atoms with van der Waals surface area (Å²) in [4.78, 5) is 30.0. The molecule has 0 saturated carbocycles. The molecular formula is C16H13ClO5. The maximum absolute atomic E-state index is 10.8. The van der Waals surface area contributed by atoms with Gasteiger partial charge in [0.25, 0.3) is 6.47 Å². The lowest BCUT2D eigenvalue weighted by Crippen LogP contribution is -1.96. The number of hydrogen-bond donors (Lipinski definition) is 1. The number of benzene rings is 2. The van der Waals surface area contributed by atoms with Crippen LogP contribution in [0.4, 0.5) is 0 Å². The van der Waals surface area contributed by atoms with Crippen LogP contribution < -0.4 is 0 Å². The minimum atomic E-state index is -0.550. The van der Waals surface area contributed by atoms with Gasteiger partial charge in [0.2, 0.25) is 0 Å². The van der Waals surface area contributed by atoms with Crippen LogP contribution in [-0.4, -0.2) is 23.5 Å². The number of carbonyl (C=O) groups excluding carboxylic acids is 2. The van der Waals surface area contributed by atoms with Crippen molar-refractivity contribution in [3.05, 3.63) is 70.2 Å². The molecule has 0 saturated heterocycles. The van der Waals surface area contributed by atoms with Crippen LogP contribution >= 0.6 is 11.6 Å². The Balaban J connectivity index is 0.000000194. The van der Waals surface area contributed by atoms with Crippen molar-refractivity contribution >= 4 is 30.0 Å². The number of ether oxygens (including phenoxy) is 1. The Morgan fingerprint density at radius 1 is 0.955 bits per heavy atom. The molecule has 0 spiro atoms. The van der Waals surface area contributed by atoms with Gasteiger partial charge in [-0.15, -0.1) is 0 Å². The van der Waals surface area contributed by atoms with Crippen LogP contribution in [0.5, 0.6) is 0 Å². The minimum Gasteiger partial charge on any atom is -0.483 e. The average Bonchev–Trinajstić information content (AvgIpc) is 2.79. The van der Waals surface area contributed by atoms with Crippen LogP contribution in [-0.2, 0) is 9.53 Å². The molecule has 3 rings (SSSR count). The van der Waals surface area contributed by atoms with E-state index in [2.05, 4.69) is 4.74 Å². The summed E-state index contributed by atoms with van der Waals surface area (Å²) in [6.45, 7) is 1.74. The van der Waals surface area contributed by atoms with Gasteiger partial charge in [-0.05, 0) is 30.7 Å². The molecule has 2 aromatic rings. The topological polar surface area (TPSA) is 80.7 Å². The van der Waals surface area contributed by atoms with Gasteiger partial charge in [0.1, 0.15) is 0 Å². The van der Waals surface area contributed by atoms with E-state index in [9.17, 15) is 9.59 Å². The maximum Gasteiger partial charge on any atom is 0.346 e. The second-order valence-electron chi connectivity index (χ2n) is 4.08. The van der Waals surface area contributed by atoms with E-state index in [4.69, 9.17) is 21.5 Å². The molecule has 0 unspecified atom stereocenters. The van der Waals surface area contributed by atoms with Crippen molar-refractivity contribution in [1.82, 2.24) is 0 Å². The number of cyclic esters (lactones) is 2. The van der Waals surface area contributed by atoms with Gasteiger partial charge in [0, 0.05) is 5.02 Å². The summed E-state index contributed by atoms with van der Waals surface area (Å²) in [5, 5.41) is 7.73. The summed E-state index contributed by atoms with van der Waals surface area (Å²) in [6, 6.07) is 14.3. The van der Waals surface area contributed by atoms with E-state index in [-0.39, 0.29) is 6.47 Å². The van der Waals surface area contributed by atoms with Crippen molar-refractivity contribution in [2.45, 2.75) is 6.92 Å². The molecule has 0 amide bonds. The average molecular weight is 321 g/mol. The molecule has 0 fully saturated rings. The normalized spacial score (nSPS) is 11.2. The molecule has 1 aliphatic heterocycles. The second-order valence-corrected chi connectivity index (χ2v) is 4.48. The van der Waals surface area contributed by atoms with Crippen LogP contribution in [0.1, 0.15) is 26.3 Å². The molecule has 0 aromatic heterocycles. The Bertz CT molecular complexity index is 628. The van der Waals surface area contributed by atoms with E-state index in [0.717, 1.165) is 10.6 Å². The summed E-state index contributed by atoms with van der Waals surface area (Å²) in [6.07, 6.45) is 0. The Hall–Kier alpha value is -2.66. The Kier molecular flexibility index (Phi) is 6.79. The number of halogens is 1. The van der Waals surface area contributed by atoms with Crippen LogP contribution in [0.2, 0.25) is 5.02 Å². The smallest absolute Gasteiger partial charge is 0.346 e. The SMILES string of the molecule is Cc1ccccc1Cl.O=C1OC(=O)c2ccccc21.O=CO. The Labute approximate surface area is 132 Å². The first kappa shape index (κ1) is 17.4. The van der Waals surface area contributed by atoms with Crippen molar-refractivity contribution in [3.8, 4) is 0 Å². The predicted octanol–water partition coefficient (Wildman–Crippen LogP) is 3.35. The van der Waals surface area contributed by atoms with E-state index in [1.165, 1.54) is 0 Å². The molecule has 6 heteroatoms. The first-order valence-electron chi connectivity index (χ1n) is 6.15. The summed E-state index contributed by atoms with van der Waals surface area (Å²) in [7, 11) is 0. The lowest BCUT2D eigenvalue weighted by Gasteiger charge is -1.90. The minimum absolute atomic E-state index is 0.250. The van der Waals surface area contributed by atoms with Gasteiger partial charge in [-0.25, -0.2) is 9.59 Å². The lowest BCUT2D eigenvalue weighted by molar-refractivity contribution is -0.122. The fourth-order valence-corrected chi connectivity index (χ4v) is 1.72. The first-order valence-corrected chi connectivity index (χ1v) is 6.53. The third-order valence-corrected chi connectivity index (χ3v) is 3.05. The fourth-order valence-electron chi connectivity index (χ4n) is 1.58. The number of esters is 2. The second kappa shape index (κ2) is 8.59. The molecule has 0 aliphatic carbocycles. The van der Waals surface area contributed by atoms with Gasteiger partial charge in [-0.3, -0.25) is 4.79 Å². The van der Waals surface area contributed by atoms with Gasteiger partial charge in [0.05, 0.1) is 11.1 Å². The van der Waals surface area contributed by atoms with Gasteiger partial charge in [-0.1, -0.05) is 41.9 Å². The monoisotopic (exact) mass is 320 g/mol. The number of fused-ring (bicyclic) bond motifs is 1. The summed E-state index contributed by atoms with van der Waals surface area (Å²) >= 11 is 5.71. The van der Waals surface area contributed by atoms with E-state index in [1.807, 2.05) is 31.2 Å². The molecule has 22 heavy (non-hydrogen) atoms. The molecule has 2 aromatic carbocycles. The van der Waals surface area contributed by atoms with E-state index >= 15 is 0 Å². The van der Waals surface area contributed by atoms with Crippen molar-refractivity contribution in [3.63, 3.8) is 0 Å². The maximum atomic E-state index is 10.8. The molecule has 0 radical (unpaired) electrons. The number of rotatable bonds is 0. The lowest BCUT2D eigenvalue weighted by atomic mass is 10.1. The number of hydrogen-bond acceptors (Lipinski definition) is 4. The third-order valence-electron chi connectivity index (χ3n) is 2.63. The Morgan fingerprint density at radius 3 is 1.73 bits per heavy atom. The summed E-state index contributed by atoms with van der Waals surface area (Å²) in [5.74, 6) is -1.10. The zero-order chi connectivity index (χ0) is 16.5. The number of carboxylic acid groups (broad SMARTS) is 1. The molecule has 1 N–H and O–H groups in total. The molecule has 114 valence electrons. The predicted molar refractivity (Wildman–Crippen MR) is 81.1 cm³/mol. The first-order chi connectivity index (χ1) is 10.5. The number of carbonyl (C=O) groups is 3. The van der Waals surface area contributed by atoms with E-state index < -0.39 is 11.9 Å². The van der Waals surface area contributed by atoms with Gasteiger partial charge >= 0.3 is 11.9 Å². The molecule has 5 nitrogen and oxygen atoms in total. The van der Waals surface area contributed by atoms with Crippen LogP contribution in [0.25, 0.3) is 0 Å². The largest absolute Gasteiger partial charge is 0.483 e. The van der Waals surface area contributed by atoms with E-state index in [1.54, 1.807) is 24.3 Å². The van der Waals surface area contributed by atoms with Crippen molar-refractivity contribution in [2.75, 3.05) is 0 Å². The molecule has 1 aliphatic rings.